The summed E-state index contributed by atoms with van der Waals surface area (Å²) in [4.78, 5) is 3.78. The maximum absolute atomic E-state index is 12.3. The number of aliphatic hydroxyl groups excluding tert-OH is 1. The van der Waals surface area contributed by atoms with Gasteiger partial charge in [0.25, 0.3) is 10.0 Å². The van der Waals surface area contributed by atoms with Gasteiger partial charge >= 0.3 is 0 Å². The van der Waals surface area contributed by atoms with Gasteiger partial charge in [-0.25, -0.2) is 13.4 Å². The van der Waals surface area contributed by atoms with E-state index in [0.29, 0.717) is 25.9 Å². The van der Waals surface area contributed by atoms with Crippen molar-refractivity contribution in [3.8, 4) is 0 Å². The van der Waals surface area contributed by atoms with E-state index in [2.05, 4.69) is 4.98 Å². The quantitative estimate of drug-likeness (QED) is 0.721. The fraction of sp³-hybridized carbons (Fsp3) is 0.667. The molecule has 7 nitrogen and oxygen atoms in total. The third-order valence-electron chi connectivity index (χ3n) is 2.92. The number of piperidine rings is 1. The molecule has 0 unspecified atom stereocenters. The molecule has 2 rings (SSSR count). The van der Waals surface area contributed by atoms with Crippen LogP contribution in [0.4, 0.5) is 5.82 Å². The molecule has 0 amide bonds. The highest BCUT2D eigenvalue weighted by Crippen LogP contribution is 2.23. The SMILES string of the molecule is Cn1cnc(N)c1S(=O)(=O)N1CCC(O)CC1. The van der Waals surface area contributed by atoms with Gasteiger partial charge in [0.2, 0.25) is 0 Å². The fourth-order valence-electron chi connectivity index (χ4n) is 1.96. The number of imidazole rings is 1. The number of hydrogen-bond acceptors (Lipinski definition) is 5. The van der Waals surface area contributed by atoms with Crippen molar-refractivity contribution in [2.75, 3.05) is 18.8 Å². The summed E-state index contributed by atoms with van der Waals surface area (Å²) in [5.74, 6) is 0.0126. The first-order chi connectivity index (χ1) is 7.93. The molecule has 3 N–H and O–H groups in total. The third kappa shape index (κ3) is 2.15. The first-order valence-corrected chi connectivity index (χ1v) is 6.82. The minimum absolute atomic E-state index is 0.0126. The van der Waals surface area contributed by atoms with Crippen LogP contribution in [0.3, 0.4) is 0 Å². The zero-order valence-electron chi connectivity index (χ0n) is 9.57. The Labute approximate surface area is 99.9 Å². The Morgan fingerprint density at radius 2 is 2.06 bits per heavy atom. The third-order valence-corrected chi connectivity index (χ3v) is 4.95. The highest BCUT2D eigenvalue weighted by molar-refractivity contribution is 7.89. The number of rotatable bonds is 2. The van der Waals surface area contributed by atoms with Crippen molar-refractivity contribution in [1.82, 2.24) is 13.9 Å². The Kier molecular flexibility index (Phi) is 3.11. The van der Waals surface area contributed by atoms with Gasteiger partial charge in [0, 0.05) is 20.1 Å². The van der Waals surface area contributed by atoms with Crippen LogP contribution in [0.2, 0.25) is 0 Å². The number of hydrogen-bond donors (Lipinski definition) is 2. The van der Waals surface area contributed by atoms with Crippen molar-refractivity contribution in [3.63, 3.8) is 0 Å². The first kappa shape index (κ1) is 12.3. The van der Waals surface area contributed by atoms with E-state index in [1.807, 2.05) is 0 Å². The van der Waals surface area contributed by atoms with Crippen LogP contribution in [-0.4, -0.2) is 46.6 Å². The van der Waals surface area contributed by atoms with Gasteiger partial charge in [-0.3, -0.25) is 0 Å². The molecule has 96 valence electrons. The van der Waals surface area contributed by atoms with E-state index in [1.165, 1.54) is 15.2 Å². The van der Waals surface area contributed by atoms with Crippen LogP contribution >= 0.6 is 0 Å². The van der Waals surface area contributed by atoms with Crippen LogP contribution in [0.15, 0.2) is 11.4 Å². The van der Waals surface area contributed by atoms with Crippen LogP contribution in [0.5, 0.6) is 0 Å². The van der Waals surface area contributed by atoms with Crippen molar-refractivity contribution < 1.29 is 13.5 Å². The summed E-state index contributed by atoms with van der Waals surface area (Å²) in [5.41, 5.74) is 5.57. The van der Waals surface area contributed by atoms with Crippen molar-refractivity contribution in [2.24, 2.45) is 7.05 Å². The number of sulfonamides is 1. The summed E-state index contributed by atoms with van der Waals surface area (Å²) in [6, 6.07) is 0. The van der Waals surface area contributed by atoms with Crippen LogP contribution in [0.1, 0.15) is 12.8 Å². The lowest BCUT2D eigenvalue weighted by molar-refractivity contribution is 0.113. The molecule has 0 aliphatic carbocycles. The van der Waals surface area contributed by atoms with Crippen LogP contribution in [0, 0.1) is 0 Å². The molecule has 0 radical (unpaired) electrons. The number of aromatic nitrogens is 2. The van der Waals surface area contributed by atoms with Crippen molar-refractivity contribution in [2.45, 2.75) is 24.0 Å². The summed E-state index contributed by atoms with van der Waals surface area (Å²) >= 11 is 0. The second kappa shape index (κ2) is 4.28. The molecule has 17 heavy (non-hydrogen) atoms. The van der Waals surface area contributed by atoms with Crippen molar-refractivity contribution in [3.05, 3.63) is 6.33 Å². The van der Waals surface area contributed by atoms with E-state index < -0.39 is 16.1 Å². The number of aryl methyl sites for hydroxylation is 1. The van der Waals surface area contributed by atoms with Gasteiger partial charge in [-0.1, -0.05) is 0 Å². The molecule has 2 heterocycles. The highest BCUT2D eigenvalue weighted by atomic mass is 32.2. The summed E-state index contributed by atoms with van der Waals surface area (Å²) in [6.45, 7) is 0.627. The van der Waals surface area contributed by atoms with E-state index >= 15 is 0 Å². The maximum atomic E-state index is 12.3. The minimum atomic E-state index is -3.61. The number of nitrogens with zero attached hydrogens (tertiary/aromatic N) is 3. The van der Waals surface area contributed by atoms with E-state index in [1.54, 1.807) is 7.05 Å². The topological polar surface area (TPSA) is 101 Å². The van der Waals surface area contributed by atoms with Crippen molar-refractivity contribution in [1.29, 1.82) is 0 Å². The fourth-order valence-corrected chi connectivity index (χ4v) is 3.62. The predicted molar refractivity (Wildman–Crippen MR) is 61.6 cm³/mol. The summed E-state index contributed by atoms with van der Waals surface area (Å²) in [7, 11) is -2.01. The number of nitrogen functional groups attached to an aromatic ring is 1. The monoisotopic (exact) mass is 260 g/mol. The molecule has 1 aromatic rings. The van der Waals surface area contributed by atoms with E-state index in [-0.39, 0.29) is 10.8 Å². The van der Waals surface area contributed by atoms with Gasteiger partial charge in [-0.15, -0.1) is 0 Å². The summed E-state index contributed by atoms with van der Waals surface area (Å²) in [6.07, 6.45) is 1.87. The molecule has 1 saturated heterocycles. The lowest BCUT2D eigenvalue weighted by Gasteiger charge is -2.28. The molecule has 8 heteroatoms. The zero-order valence-corrected chi connectivity index (χ0v) is 10.4. The van der Waals surface area contributed by atoms with Gasteiger partial charge < -0.3 is 15.4 Å². The van der Waals surface area contributed by atoms with Crippen LogP contribution in [-0.2, 0) is 17.1 Å². The molecule has 1 aromatic heterocycles. The molecule has 1 aliphatic heterocycles. The Morgan fingerprint density at radius 1 is 1.47 bits per heavy atom. The number of nitrogens with two attached hydrogens (primary N) is 1. The minimum Gasteiger partial charge on any atom is -0.393 e. The molecule has 0 bridgehead atoms. The lowest BCUT2D eigenvalue weighted by atomic mass is 10.1. The predicted octanol–water partition coefficient (Wildman–Crippen LogP) is -0.852. The largest absolute Gasteiger partial charge is 0.393 e. The summed E-state index contributed by atoms with van der Waals surface area (Å²) < 4.78 is 27.3. The Morgan fingerprint density at radius 3 is 2.53 bits per heavy atom. The molecule has 1 aliphatic rings. The van der Waals surface area contributed by atoms with Gasteiger partial charge in [-0.05, 0) is 12.8 Å². The molecule has 0 spiro atoms. The highest BCUT2D eigenvalue weighted by Gasteiger charge is 2.32. The van der Waals surface area contributed by atoms with Gasteiger partial charge in [-0.2, -0.15) is 4.31 Å². The molecule has 0 atom stereocenters. The average Bonchev–Trinajstić information content (AvgIpc) is 2.59. The first-order valence-electron chi connectivity index (χ1n) is 5.38. The zero-order chi connectivity index (χ0) is 12.6. The molecule has 1 fully saturated rings. The average molecular weight is 260 g/mol. The van der Waals surface area contributed by atoms with E-state index in [9.17, 15) is 13.5 Å². The Hall–Kier alpha value is -1.12. The van der Waals surface area contributed by atoms with E-state index in [0.717, 1.165) is 0 Å². The normalized spacial score (nSPS) is 19.6. The smallest absolute Gasteiger partial charge is 0.262 e. The molecule has 0 aromatic carbocycles. The van der Waals surface area contributed by atoms with Crippen LogP contribution < -0.4 is 5.73 Å². The Bertz CT molecular complexity index is 483. The summed E-state index contributed by atoms with van der Waals surface area (Å²) in [5, 5.41) is 9.39. The maximum Gasteiger partial charge on any atom is 0.262 e. The van der Waals surface area contributed by atoms with E-state index in [4.69, 9.17) is 5.73 Å². The van der Waals surface area contributed by atoms with Crippen LogP contribution in [0.25, 0.3) is 0 Å². The molecule has 0 saturated carbocycles. The number of aliphatic hydroxyl groups is 1. The second-order valence-corrected chi connectivity index (χ2v) is 6.03. The molecular formula is C9H16N4O3S. The van der Waals surface area contributed by atoms with Crippen molar-refractivity contribution >= 4 is 15.8 Å². The Balaban J connectivity index is 2.31. The number of anilines is 1. The lowest BCUT2D eigenvalue weighted by Crippen LogP contribution is -2.40. The van der Waals surface area contributed by atoms with Gasteiger partial charge in [0.05, 0.1) is 12.4 Å². The second-order valence-electron chi connectivity index (χ2n) is 4.18. The molecular weight excluding hydrogens is 244 g/mol. The standard InChI is InChI=1S/C9H16N4O3S/c1-12-6-11-8(10)9(12)17(15,16)13-4-2-7(14)3-5-13/h6-7,14H,2-5,10H2,1H3. The van der Waals surface area contributed by atoms with Gasteiger partial charge in [0.15, 0.2) is 10.8 Å². The van der Waals surface area contributed by atoms with Gasteiger partial charge in [0.1, 0.15) is 0 Å².